The molecule has 3 aromatic heterocycles. The Morgan fingerprint density at radius 3 is 2.69 bits per heavy atom. The molecule has 148 valence electrons. The molecule has 0 aliphatic carbocycles. The zero-order valence-corrected chi connectivity index (χ0v) is 16.4. The number of nitrogen functional groups attached to an aromatic ring is 1. The first kappa shape index (κ1) is 18.9. The number of aromatic nitrogens is 6. The van der Waals surface area contributed by atoms with E-state index in [0.717, 1.165) is 12.0 Å². The highest BCUT2D eigenvalue weighted by molar-refractivity contribution is 6.30. The second kappa shape index (κ2) is 7.88. The number of hydrogen-bond acceptors (Lipinski definition) is 7. The summed E-state index contributed by atoms with van der Waals surface area (Å²) in [6, 6.07) is 9.27. The van der Waals surface area contributed by atoms with Crippen molar-refractivity contribution in [1.82, 2.24) is 29.7 Å². The third-order valence-electron chi connectivity index (χ3n) is 4.46. The van der Waals surface area contributed by atoms with Crippen LogP contribution in [0, 0.1) is 6.92 Å². The van der Waals surface area contributed by atoms with Gasteiger partial charge in [-0.2, -0.15) is 15.2 Å². The molecule has 3 heterocycles. The number of nitrogens with zero attached hydrogens (tertiary/aromatic N) is 6. The Bertz CT molecular complexity index is 1190. The van der Waals surface area contributed by atoms with Gasteiger partial charge in [0.15, 0.2) is 5.82 Å². The zero-order chi connectivity index (χ0) is 20.4. The van der Waals surface area contributed by atoms with Gasteiger partial charge in [-0.15, -0.1) is 0 Å². The molecule has 0 bridgehead atoms. The average molecular weight is 412 g/mol. The highest BCUT2D eigenvalue weighted by atomic mass is 35.5. The Morgan fingerprint density at radius 1 is 1.17 bits per heavy atom. The number of anilines is 1. The van der Waals surface area contributed by atoms with E-state index in [2.05, 4.69) is 20.3 Å². The number of rotatable bonds is 6. The third-order valence-corrected chi connectivity index (χ3v) is 4.71. The molecule has 29 heavy (non-hydrogen) atoms. The molecule has 10 heteroatoms. The minimum Gasteiger partial charge on any atom is -0.382 e. The van der Waals surface area contributed by atoms with Gasteiger partial charge in [0.2, 0.25) is 5.89 Å². The molecule has 0 spiro atoms. The van der Waals surface area contributed by atoms with Crippen LogP contribution in [0.4, 0.5) is 5.82 Å². The molecule has 4 aromatic rings. The zero-order valence-electron chi connectivity index (χ0n) is 15.6. The lowest BCUT2D eigenvalue weighted by molar-refractivity contribution is 0.358. The molecule has 0 aliphatic rings. The lowest BCUT2D eigenvalue weighted by Crippen LogP contribution is -2.27. The molecular weight excluding hydrogens is 394 g/mol. The van der Waals surface area contributed by atoms with Crippen LogP contribution in [0.3, 0.4) is 0 Å². The van der Waals surface area contributed by atoms with Gasteiger partial charge in [0.05, 0.1) is 11.9 Å². The largest absolute Gasteiger partial charge is 0.382 e. The van der Waals surface area contributed by atoms with E-state index in [1.807, 2.05) is 24.3 Å². The minimum absolute atomic E-state index is 0.0924. The summed E-state index contributed by atoms with van der Waals surface area (Å²) >= 11 is 5.89. The van der Waals surface area contributed by atoms with Crippen LogP contribution in [-0.4, -0.2) is 29.7 Å². The third kappa shape index (κ3) is 4.19. The fourth-order valence-electron chi connectivity index (χ4n) is 2.88. The van der Waals surface area contributed by atoms with Gasteiger partial charge >= 0.3 is 0 Å². The Kier molecular flexibility index (Phi) is 5.13. The molecule has 9 nitrogen and oxygen atoms in total. The summed E-state index contributed by atoms with van der Waals surface area (Å²) in [6.45, 7) is 1.80. The fourth-order valence-corrected chi connectivity index (χ4v) is 3.01. The van der Waals surface area contributed by atoms with Crippen LogP contribution in [0.15, 0.2) is 52.0 Å². The smallest absolute Gasteiger partial charge is 0.272 e. The van der Waals surface area contributed by atoms with Gasteiger partial charge in [-0.3, -0.25) is 4.79 Å². The first-order valence-electron chi connectivity index (χ1n) is 8.94. The van der Waals surface area contributed by atoms with E-state index in [4.69, 9.17) is 21.9 Å². The molecule has 0 saturated heterocycles. The molecular formula is C19H18ClN7O2. The summed E-state index contributed by atoms with van der Waals surface area (Å²) in [4.78, 5) is 17.0. The van der Waals surface area contributed by atoms with E-state index in [0.29, 0.717) is 40.2 Å². The van der Waals surface area contributed by atoms with Crippen LogP contribution in [-0.2, 0) is 19.4 Å². The van der Waals surface area contributed by atoms with Crippen molar-refractivity contribution in [2.45, 2.75) is 26.3 Å². The number of hydrogen-bond donors (Lipinski definition) is 1. The fraction of sp³-hybridized carbons (Fsp3) is 0.211. The average Bonchev–Trinajstić information content (AvgIpc) is 3.34. The van der Waals surface area contributed by atoms with Gasteiger partial charge in [-0.05, 0) is 31.0 Å². The van der Waals surface area contributed by atoms with Gasteiger partial charge in [0, 0.05) is 29.3 Å². The molecule has 0 atom stereocenters. The van der Waals surface area contributed by atoms with Crippen molar-refractivity contribution in [2.24, 2.45) is 0 Å². The minimum atomic E-state index is -0.266. The molecule has 4 rings (SSSR count). The van der Waals surface area contributed by atoms with Crippen molar-refractivity contribution in [3.8, 4) is 5.69 Å². The summed E-state index contributed by atoms with van der Waals surface area (Å²) in [5.74, 6) is 1.26. The van der Waals surface area contributed by atoms with Crippen LogP contribution in [0.1, 0.15) is 22.8 Å². The topological polar surface area (TPSA) is 118 Å². The monoisotopic (exact) mass is 411 g/mol. The van der Waals surface area contributed by atoms with Gasteiger partial charge in [-0.25, -0.2) is 9.36 Å². The maximum atomic E-state index is 12.6. The van der Waals surface area contributed by atoms with Gasteiger partial charge < -0.3 is 10.3 Å². The Labute approximate surface area is 170 Å². The van der Waals surface area contributed by atoms with E-state index in [9.17, 15) is 4.79 Å². The van der Waals surface area contributed by atoms with E-state index in [1.165, 1.54) is 9.36 Å². The Morgan fingerprint density at radius 2 is 1.97 bits per heavy atom. The van der Waals surface area contributed by atoms with Crippen LogP contribution in [0.2, 0.25) is 5.02 Å². The standard InChI is InChI=1S/C19H18ClN7O2/c1-12-15(26-9-8-16(21)24-26)10-22-27(19(12)28)11-18-23-17(25-29-18)7-4-13-2-5-14(20)6-3-13/h2-3,5-6,8-10H,4,7,11H2,1H3,(H2,21,24). The second-order valence-electron chi connectivity index (χ2n) is 6.53. The molecule has 0 saturated carbocycles. The Balaban J connectivity index is 1.46. The highest BCUT2D eigenvalue weighted by Gasteiger charge is 2.13. The van der Waals surface area contributed by atoms with Gasteiger partial charge in [-0.1, -0.05) is 28.9 Å². The van der Waals surface area contributed by atoms with Crippen LogP contribution in [0.5, 0.6) is 0 Å². The number of aryl methyl sites for hydroxylation is 2. The first-order chi connectivity index (χ1) is 14.0. The lowest BCUT2D eigenvalue weighted by Gasteiger charge is -2.07. The van der Waals surface area contributed by atoms with Gasteiger partial charge in [0.1, 0.15) is 12.4 Å². The maximum absolute atomic E-state index is 12.6. The van der Waals surface area contributed by atoms with E-state index in [-0.39, 0.29) is 12.1 Å². The van der Waals surface area contributed by atoms with Crippen molar-refractivity contribution in [3.05, 3.63) is 80.9 Å². The van der Waals surface area contributed by atoms with Crippen molar-refractivity contribution in [2.75, 3.05) is 5.73 Å². The predicted octanol–water partition coefficient (Wildman–Crippen LogP) is 2.19. The van der Waals surface area contributed by atoms with Crippen molar-refractivity contribution < 1.29 is 4.52 Å². The quantitative estimate of drug-likeness (QED) is 0.516. The summed E-state index contributed by atoms with van der Waals surface area (Å²) in [7, 11) is 0. The van der Waals surface area contributed by atoms with E-state index in [1.54, 1.807) is 25.4 Å². The van der Waals surface area contributed by atoms with Crippen LogP contribution in [0.25, 0.3) is 5.69 Å². The van der Waals surface area contributed by atoms with Gasteiger partial charge in [0.25, 0.3) is 5.56 Å². The first-order valence-corrected chi connectivity index (χ1v) is 9.31. The van der Waals surface area contributed by atoms with Crippen molar-refractivity contribution in [1.29, 1.82) is 0 Å². The molecule has 1 aromatic carbocycles. The normalized spacial score (nSPS) is 11.1. The molecule has 2 N–H and O–H groups in total. The second-order valence-corrected chi connectivity index (χ2v) is 6.97. The summed E-state index contributed by atoms with van der Waals surface area (Å²) < 4.78 is 8.07. The summed E-state index contributed by atoms with van der Waals surface area (Å²) in [5.41, 5.74) is 7.56. The van der Waals surface area contributed by atoms with Crippen LogP contribution >= 0.6 is 11.6 Å². The highest BCUT2D eigenvalue weighted by Crippen LogP contribution is 2.12. The summed E-state index contributed by atoms with van der Waals surface area (Å²) in [6.07, 6.45) is 4.61. The number of nitrogens with two attached hydrogens (primary N) is 1. The molecule has 0 aliphatic heterocycles. The maximum Gasteiger partial charge on any atom is 0.272 e. The van der Waals surface area contributed by atoms with E-state index < -0.39 is 0 Å². The Hall–Kier alpha value is -3.46. The molecule has 0 unspecified atom stereocenters. The van der Waals surface area contributed by atoms with E-state index >= 15 is 0 Å². The molecule has 0 amide bonds. The molecule has 0 fully saturated rings. The SMILES string of the molecule is Cc1c(-n2ccc(N)n2)cnn(Cc2nc(CCc3ccc(Cl)cc3)no2)c1=O. The van der Waals surface area contributed by atoms with Crippen LogP contribution < -0.4 is 11.3 Å². The van der Waals surface area contributed by atoms with Crippen molar-refractivity contribution >= 4 is 17.4 Å². The lowest BCUT2D eigenvalue weighted by atomic mass is 10.1. The summed E-state index contributed by atoms with van der Waals surface area (Å²) in [5, 5.41) is 13.0. The number of benzene rings is 1. The molecule has 0 radical (unpaired) electrons. The number of halogens is 1. The predicted molar refractivity (Wildman–Crippen MR) is 107 cm³/mol. The van der Waals surface area contributed by atoms with Crippen molar-refractivity contribution in [3.63, 3.8) is 0 Å².